The van der Waals surface area contributed by atoms with Crippen molar-refractivity contribution < 1.29 is 14.7 Å². The van der Waals surface area contributed by atoms with Gasteiger partial charge in [0.05, 0.1) is 0 Å². The van der Waals surface area contributed by atoms with Crippen LogP contribution in [-0.2, 0) is 11.3 Å². The molecule has 19 heavy (non-hydrogen) atoms. The number of nitrogens with zero attached hydrogens (tertiary/aromatic N) is 1. The fraction of sp³-hybridized carbons (Fsp3) is 0.462. The highest BCUT2D eigenvalue weighted by molar-refractivity contribution is 5.82. The maximum absolute atomic E-state index is 11.6. The highest BCUT2D eigenvalue weighted by atomic mass is 16.4. The van der Waals surface area contributed by atoms with E-state index in [0.717, 1.165) is 5.56 Å². The molecule has 0 aliphatic carbocycles. The van der Waals surface area contributed by atoms with Crippen LogP contribution in [0.3, 0.4) is 0 Å². The van der Waals surface area contributed by atoms with Crippen molar-refractivity contribution in [1.29, 1.82) is 0 Å². The van der Waals surface area contributed by atoms with Gasteiger partial charge >= 0.3 is 12.0 Å². The fourth-order valence-corrected chi connectivity index (χ4v) is 1.56. The molecule has 0 spiro atoms. The number of amides is 2. The van der Waals surface area contributed by atoms with Gasteiger partial charge in [0.15, 0.2) is 0 Å². The topological polar surface area (TPSA) is 91.3 Å². The summed E-state index contributed by atoms with van der Waals surface area (Å²) in [5, 5.41) is 14.1. The van der Waals surface area contributed by atoms with Gasteiger partial charge < -0.3 is 15.7 Å². The molecule has 6 heteroatoms. The Bertz CT molecular complexity index is 422. The molecular weight excluding hydrogens is 246 g/mol. The number of aliphatic carboxylic acids is 1. The minimum absolute atomic E-state index is 0.123. The average molecular weight is 265 g/mol. The molecule has 1 aromatic rings. The van der Waals surface area contributed by atoms with Crippen LogP contribution in [0.25, 0.3) is 0 Å². The van der Waals surface area contributed by atoms with Gasteiger partial charge in [0.1, 0.15) is 6.04 Å². The van der Waals surface area contributed by atoms with Crippen LogP contribution in [0.5, 0.6) is 0 Å². The molecule has 0 bridgehead atoms. The van der Waals surface area contributed by atoms with Gasteiger partial charge in [-0.3, -0.25) is 4.98 Å². The lowest BCUT2D eigenvalue weighted by Gasteiger charge is -2.20. The first-order valence-electron chi connectivity index (χ1n) is 6.20. The summed E-state index contributed by atoms with van der Waals surface area (Å²) in [6.07, 6.45) is 3.97. The van der Waals surface area contributed by atoms with Gasteiger partial charge in [-0.05, 0) is 17.5 Å². The number of carboxylic acid groups (broad SMARTS) is 1. The summed E-state index contributed by atoms with van der Waals surface area (Å²) < 4.78 is 0. The highest BCUT2D eigenvalue weighted by Crippen LogP contribution is 2.07. The van der Waals surface area contributed by atoms with E-state index in [1.54, 1.807) is 25.4 Å². The molecule has 0 aliphatic rings. The summed E-state index contributed by atoms with van der Waals surface area (Å²) in [5.41, 5.74) is 0.855. The summed E-state index contributed by atoms with van der Waals surface area (Å²) in [4.78, 5) is 26.6. The molecule has 104 valence electrons. The van der Waals surface area contributed by atoms with Crippen LogP contribution in [-0.4, -0.2) is 28.1 Å². The SMILES string of the molecule is CCC(C)C(NC(=O)NCc1cccnc1)C(=O)O. The zero-order valence-corrected chi connectivity index (χ0v) is 11.1. The van der Waals surface area contributed by atoms with Crippen LogP contribution in [0.1, 0.15) is 25.8 Å². The Morgan fingerprint density at radius 2 is 2.21 bits per heavy atom. The predicted octanol–water partition coefficient (Wildman–Crippen LogP) is 1.38. The minimum Gasteiger partial charge on any atom is -0.480 e. The lowest BCUT2D eigenvalue weighted by atomic mass is 9.99. The second kappa shape index (κ2) is 7.35. The van der Waals surface area contributed by atoms with E-state index in [4.69, 9.17) is 5.11 Å². The largest absolute Gasteiger partial charge is 0.480 e. The number of carboxylic acids is 1. The summed E-state index contributed by atoms with van der Waals surface area (Å²) in [6, 6.07) is 2.24. The molecule has 0 fully saturated rings. The number of pyridine rings is 1. The molecule has 1 heterocycles. The molecular formula is C13H19N3O3. The molecule has 1 rings (SSSR count). The second-order valence-corrected chi connectivity index (χ2v) is 4.39. The normalized spacial score (nSPS) is 13.4. The van der Waals surface area contributed by atoms with Crippen LogP contribution >= 0.6 is 0 Å². The molecule has 2 atom stereocenters. The van der Waals surface area contributed by atoms with Crippen LogP contribution in [0.4, 0.5) is 4.79 Å². The van der Waals surface area contributed by atoms with E-state index >= 15 is 0 Å². The van der Waals surface area contributed by atoms with Gasteiger partial charge in [0.2, 0.25) is 0 Å². The van der Waals surface area contributed by atoms with Gasteiger partial charge in [-0.2, -0.15) is 0 Å². The van der Waals surface area contributed by atoms with Crippen molar-refractivity contribution in [3.63, 3.8) is 0 Å². The molecule has 6 nitrogen and oxygen atoms in total. The van der Waals surface area contributed by atoms with Crippen molar-refractivity contribution in [1.82, 2.24) is 15.6 Å². The van der Waals surface area contributed by atoms with Crippen LogP contribution in [0.2, 0.25) is 0 Å². The Labute approximate surface area is 112 Å². The summed E-state index contributed by atoms with van der Waals surface area (Å²) in [7, 11) is 0. The molecule has 0 saturated carbocycles. The average Bonchev–Trinajstić information content (AvgIpc) is 2.42. The molecule has 1 aromatic heterocycles. The Morgan fingerprint density at radius 1 is 1.47 bits per heavy atom. The third-order valence-electron chi connectivity index (χ3n) is 2.94. The smallest absolute Gasteiger partial charge is 0.326 e. The third kappa shape index (κ3) is 4.95. The summed E-state index contributed by atoms with van der Waals surface area (Å²) in [5.74, 6) is -1.15. The number of carbonyl (C=O) groups is 2. The van der Waals surface area contributed by atoms with Gasteiger partial charge in [0.25, 0.3) is 0 Å². The van der Waals surface area contributed by atoms with Crippen LogP contribution < -0.4 is 10.6 Å². The van der Waals surface area contributed by atoms with E-state index in [-0.39, 0.29) is 5.92 Å². The number of urea groups is 1. The van der Waals surface area contributed by atoms with Crippen molar-refractivity contribution in [3.05, 3.63) is 30.1 Å². The molecule has 0 saturated heterocycles. The Morgan fingerprint density at radius 3 is 2.74 bits per heavy atom. The lowest BCUT2D eigenvalue weighted by Crippen LogP contribution is -2.48. The lowest BCUT2D eigenvalue weighted by molar-refractivity contribution is -0.140. The molecule has 2 unspecified atom stereocenters. The van der Waals surface area contributed by atoms with Gasteiger partial charge in [-0.1, -0.05) is 26.3 Å². The Hall–Kier alpha value is -2.11. The first-order valence-corrected chi connectivity index (χ1v) is 6.20. The Kier molecular flexibility index (Phi) is 5.78. The standard InChI is InChI=1S/C13H19N3O3/c1-3-9(2)11(12(17)18)16-13(19)15-8-10-5-4-6-14-7-10/h4-7,9,11H,3,8H2,1-2H3,(H,17,18)(H2,15,16,19). The number of carbonyl (C=O) groups excluding carboxylic acids is 1. The van der Waals surface area contributed by atoms with Crippen molar-refractivity contribution in [2.75, 3.05) is 0 Å². The fourth-order valence-electron chi connectivity index (χ4n) is 1.56. The van der Waals surface area contributed by atoms with Gasteiger partial charge in [0, 0.05) is 18.9 Å². The highest BCUT2D eigenvalue weighted by Gasteiger charge is 2.24. The first-order chi connectivity index (χ1) is 9.04. The zero-order chi connectivity index (χ0) is 14.3. The van der Waals surface area contributed by atoms with Crippen molar-refractivity contribution in [2.45, 2.75) is 32.9 Å². The predicted molar refractivity (Wildman–Crippen MR) is 70.5 cm³/mol. The number of hydrogen-bond donors (Lipinski definition) is 3. The van der Waals surface area contributed by atoms with Gasteiger partial charge in [-0.15, -0.1) is 0 Å². The van der Waals surface area contributed by atoms with Crippen LogP contribution in [0, 0.1) is 5.92 Å². The van der Waals surface area contributed by atoms with E-state index < -0.39 is 18.0 Å². The number of rotatable bonds is 6. The van der Waals surface area contributed by atoms with E-state index in [9.17, 15) is 9.59 Å². The number of nitrogens with one attached hydrogen (secondary N) is 2. The van der Waals surface area contributed by atoms with E-state index in [1.807, 2.05) is 13.0 Å². The monoisotopic (exact) mass is 265 g/mol. The first kappa shape index (κ1) is 14.9. The van der Waals surface area contributed by atoms with Crippen LogP contribution in [0.15, 0.2) is 24.5 Å². The quantitative estimate of drug-likeness (QED) is 0.724. The maximum atomic E-state index is 11.6. The number of aromatic nitrogens is 1. The minimum atomic E-state index is -1.02. The molecule has 0 radical (unpaired) electrons. The molecule has 3 N–H and O–H groups in total. The van der Waals surface area contributed by atoms with Crippen molar-refractivity contribution >= 4 is 12.0 Å². The summed E-state index contributed by atoms with van der Waals surface area (Å²) >= 11 is 0. The third-order valence-corrected chi connectivity index (χ3v) is 2.94. The maximum Gasteiger partial charge on any atom is 0.326 e. The second-order valence-electron chi connectivity index (χ2n) is 4.39. The molecule has 0 aliphatic heterocycles. The van der Waals surface area contributed by atoms with Gasteiger partial charge in [-0.25, -0.2) is 9.59 Å². The van der Waals surface area contributed by atoms with E-state index in [2.05, 4.69) is 15.6 Å². The Balaban J connectivity index is 2.47. The van der Waals surface area contributed by atoms with Crippen molar-refractivity contribution in [2.24, 2.45) is 5.92 Å². The van der Waals surface area contributed by atoms with Crippen molar-refractivity contribution in [3.8, 4) is 0 Å². The molecule has 0 aromatic carbocycles. The van der Waals surface area contributed by atoms with E-state index in [1.165, 1.54) is 0 Å². The zero-order valence-electron chi connectivity index (χ0n) is 11.1. The molecule has 2 amide bonds. The number of hydrogen-bond acceptors (Lipinski definition) is 3. The summed E-state index contributed by atoms with van der Waals surface area (Å²) in [6.45, 7) is 3.99. The van der Waals surface area contributed by atoms with E-state index in [0.29, 0.717) is 13.0 Å².